The van der Waals surface area contributed by atoms with Crippen LogP contribution in [0.25, 0.3) is 11.4 Å². The summed E-state index contributed by atoms with van der Waals surface area (Å²) < 4.78 is 0. The minimum absolute atomic E-state index is 0.0624. The van der Waals surface area contributed by atoms with Gasteiger partial charge in [-0.2, -0.15) is 0 Å². The number of hydrogen-bond donors (Lipinski definition) is 3. The molecule has 0 bridgehead atoms. The molecule has 2 aliphatic rings. The lowest BCUT2D eigenvalue weighted by Crippen LogP contribution is -2.45. The normalized spacial score (nSPS) is 16.3. The maximum Gasteiger partial charge on any atom is 0.290 e. The average Bonchev–Trinajstić information content (AvgIpc) is 3.20. The molecule has 184 valence electrons. The van der Waals surface area contributed by atoms with Crippen molar-refractivity contribution in [2.45, 2.75) is 37.5 Å². The molecule has 1 aromatic carbocycles. The van der Waals surface area contributed by atoms with Crippen LogP contribution in [0.3, 0.4) is 0 Å². The topological polar surface area (TPSA) is 119 Å². The van der Waals surface area contributed by atoms with E-state index in [1.165, 1.54) is 11.3 Å². The second kappa shape index (κ2) is 11.9. The number of nitrogens with zero attached hydrogens (tertiary/aromatic N) is 4. The number of anilines is 1. The van der Waals surface area contributed by atoms with Gasteiger partial charge in [-0.3, -0.25) is 14.5 Å². The number of amides is 1. The molecule has 1 saturated heterocycles. The first-order valence-electron chi connectivity index (χ1n) is 11.8. The molecular formula is C25H35N5O4. The Morgan fingerprint density at radius 1 is 1.18 bits per heavy atom. The van der Waals surface area contributed by atoms with Crippen molar-refractivity contribution >= 4 is 18.2 Å². The fourth-order valence-corrected chi connectivity index (χ4v) is 4.75. The predicted molar refractivity (Wildman–Crippen MR) is 131 cm³/mol. The highest BCUT2D eigenvalue weighted by Crippen LogP contribution is 2.47. The van der Waals surface area contributed by atoms with E-state index in [4.69, 9.17) is 19.9 Å². The summed E-state index contributed by atoms with van der Waals surface area (Å²) in [6.07, 6.45) is 4.78. The third-order valence-corrected chi connectivity index (χ3v) is 6.69. The fraction of sp³-hybridized carbons (Fsp3) is 0.520. The average molecular weight is 470 g/mol. The number of likely N-dealkylation sites (tertiary alicyclic amines) is 1. The van der Waals surface area contributed by atoms with Crippen molar-refractivity contribution in [3.8, 4) is 11.4 Å². The molecule has 0 atom stereocenters. The molecule has 1 aliphatic carbocycles. The molecule has 2 aromatic rings. The Morgan fingerprint density at radius 2 is 1.85 bits per heavy atom. The lowest BCUT2D eigenvalue weighted by atomic mass is 9.76. The van der Waals surface area contributed by atoms with Crippen LogP contribution in [0.15, 0.2) is 30.3 Å². The molecule has 2 heterocycles. The maximum atomic E-state index is 12.1. The number of aliphatic hydroxyl groups excluding tert-OH is 1. The van der Waals surface area contributed by atoms with Gasteiger partial charge in [0.2, 0.25) is 5.91 Å². The molecule has 0 unspecified atom stereocenters. The number of carbonyl (C=O) groups is 2. The number of piperidine rings is 1. The van der Waals surface area contributed by atoms with E-state index in [0.717, 1.165) is 56.0 Å². The molecule has 3 N–H and O–H groups in total. The molecule has 1 aliphatic heterocycles. The minimum atomic E-state index is -0.250. The van der Waals surface area contributed by atoms with Crippen LogP contribution in [0.2, 0.25) is 0 Å². The van der Waals surface area contributed by atoms with Crippen LogP contribution >= 0.6 is 0 Å². The fourth-order valence-electron chi connectivity index (χ4n) is 4.75. The monoisotopic (exact) mass is 469 g/mol. The van der Waals surface area contributed by atoms with Gasteiger partial charge in [0.1, 0.15) is 5.82 Å². The second-order valence-electron chi connectivity index (χ2n) is 9.04. The number of rotatable bonds is 7. The summed E-state index contributed by atoms with van der Waals surface area (Å²) in [5.74, 6) is 1.84. The van der Waals surface area contributed by atoms with Crippen LogP contribution < -0.4 is 5.32 Å². The number of nitrogens with one attached hydrogen (secondary N) is 1. The Morgan fingerprint density at radius 3 is 2.47 bits per heavy atom. The largest absolute Gasteiger partial charge is 0.483 e. The first-order chi connectivity index (χ1) is 16.4. The zero-order valence-electron chi connectivity index (χ0n) is 20.0. The predicted octanol–water partition coefficient (Wildman–Crippen LogP) is 2.01. The van der Waals surface area contributed by atoms with Gasteiger partial charge >= 0.3 is 0 Å². The lowest BCUT2D eigenvalue weighted by Gasteiger charge is -2.39. The summed E-state index contributed by atoms with van der Waals surface area (Å²) in [5, 5.41) is 19.5. The molecule has 0 saturated carbocycles. The van der Waals surface area contributed by atoms with E-state index in [9.17, 15) is 9.90 Å². The van der Waals surface area contributed by atoms with E-state index in [1.54, 1.807) is 4.90 Å². The first-order valence-corrected chi connectivity index (χ1v) is 11.8. The van der Waals surface area contributed by atoms with E-state index in [-0.39, 0.29) is 24.4 Å². The van der Waals surface area contributed by atoms with Gasteiger partial charge in [0.05, 0.1) is 12.2 Å². The highest BCUT2D eigenvalue weighted by atomic mass is 16.3. The molecule has 9 heteroatoms. The summed E-state index contributed by atoms with van der Waals surface area (Å²) in [6.45, 7) is 2.93. The van der Waals surface area contributed by atoms with Gasteiger partial charge in [-0.25, -0.2) is 9.97 Å². The molecular weight excluding hydrogens is 434 g/mol. The van der Waals surface area contributed by atoms with Crippen LogP contribution in [-0.2, 0) is 21.4 Å². The number of likely N-dealkylation sites (N-methyl/N-ethyl adjacent to an activating group) is 1. The van der Waals surface area contributed by atoms with Crippen LogP contribution in [-0.4, -0.2) is 89.2 Å². The number of hydrogen-bond acceptors (Lipinski definition) is 7. The standard InChI is InChI=1S/C24H33N5O2.CH2O2/c1-28(2)20(31)17-29-14-11-24(12-15-29)10-9-19-21(24)26-22(18-7-4-3-5-8-18)27-23(19)25-13-6-16-30;2-1-3/h3-5,7-8,30H,6,9-17H2,1-2H3,(H,25,26,27);1H,(H,2,3). The first kappa shape index (κ1) is 25.6. The molecule has 1 amide bonds. The third-order valence-electron chi connectivity index (χ3n) is 6.69. The summed E-state index contributed by atoms with van der Waals surface area (Å²) in [4.78, 5) is 34.4. The van der Waals surface area contributed by atoms with Crippen molar-refractivity contribution in [1.29, 1.82) is 0 Å². The highest BCUT2D eigenvalue weighted by molar-refractivity contribution is 5.77. The van der Waals surface area contributed by atoms with Gasteiger partial charge in [0, 0.05) is 43.8 Å². The van der Waals surface area contributed by atoms with E-state index >= 15 is 0 Å². The van der Waals surface area contributed by atoms with Crippen LogP contribution in [0.5, 0.6) is 0 Å². The second-order valence-corrected chi connectivity index (χ2v) is 9.04. The Labute approximate surface area is 200 Å². The van der Waals surface area contributed by atoms with Crippen molar-refractivity contribution < 1.29 is 19.8 Å². The lowest BCUT2D eigenvalue weighted by molar-refractivity contribution is -0.130. The smallest absolute Gasteiger partial charge is 0.290 e. The highest BCUT2D eigenvalue weighted by Gasteiger charge is 2.44. The maximum absolute atomic E-state index is 12.1. The molecule has 34 heavy (non-hydrogen) atoms. The number of benzene rings is 1. The molecule has 9 nitrogen and oxygen atoms in total. The van der Waals surface area contributed by atoms with E-state index in [0.29, 0.717) is 19.5 Å². The Balaban J connectivity index is 0.00000103. The van der Waals surface area contributed by atoms with E-state index in [1.807, 2.05) is 32.3 Å². The van der Waals surface area contributed by atoms with Crippen LogP contribution in [0.1, 0.15) is 36.9 Å². The van der Waals surface area contributed by atoms with Gasteiger partial charge in [0.15, 0.2) is 5.82 Å². The zero-order chi connectivity index (χ0) is 24.6. The van der Waals surface area contributed by atoms with Gasteiger partial charge < -0.3 is 20.4 Å². The quantitative estimate of drug-likeness (QED) is 0.416. The van der Waals surface area contributed by atoms with Crippen molar-refractivity contribution in [1.82, 2.24) is 19.8 Å². The number of carbonyl (C=O) groups excluding carboxylic acids is 1. The van der Waals surface area contributed by atoms with Crippen molar-refractivity contribution in [2.75, 3.05) is 52.2 Å². The molecule has 1 fully saturated rings. The van der Waals surface area contributed by atoms with Crippen molar-refractivity contribution in [3.63, 3.8) is 0 Å². The number of fused-ring (bicyclic) bond motifs is 2. The van der Waals surface area contributed by atoms with Gasteiger partial charge in [-0.05, 0) is 45.2 Å². The summed E-state index contributed by atoms with van der Waals surface area (Å²) in [6, 6.07) is 10.1. The summed E-state index contributed by atoms with van der Waals surface area (Å²) in [5.41, 5.74) is 3.50. The van der Waals surface area contributed by atoms with Crippen LogP contribution in [0, 0.1) is 0 Å². The molecule has 0 radical (unpaired) electrons. The number of aromatic nitrogens is 2. The van der Waals surface area contributed by atoms with Crippen LogP contribution in [0.4, 0.5) is 5.82 Å². The minimum Gasteiger partial charge on any atom is -0.483 e. The van der Waals surface area contributed by atoms with Crippen molar-refractivity contribution in [2.24, 2.45) is 0 Å². The SMILES string of the molecule is CN(C)C(=O)CN1CCC2(CCc3c(NCCCO)nc(-c4ccccc4)nc32)CC1.O=CO. The Hall–Kier alpha value is -3.04. The number of aliphatic hydroxyl groups is 1. The van der Waals surface area contributed by atoms with Gasteiger partial charge in [-0.1, -0.05) is 30.3 Å². The molecule has 1 aromatic heterocycles. The van der Waals surface area contributed by atoms with Gasteiger partial charge in [0.25, 0.3) is 6.47 Å². The molecule has 1 spiro atoms. The number of carboxylic acid groups (broad SMARTS) is 1. The van der Waals surface area contributed by atoms with Crippen molar-refractivity contribution in [3.05, 3.63) is 41.6 Å². The Kier molecular flexibility index (Phi) is 8.95. The summed E-state index contributed by atoms with van der Waals surface area (Å²) >= 11 is 0. The Bertz CT molecular complexity index is 959. The van der Waals surface area contributed by atoms with E-state index in [2.05, 4.69) is 22.3 Å². The summed E-state index contributed by atoms with van der Waals surface area (Å²) in [7, 11) is 3.63. The third kappa shape index (κ3) is 5.90. The van der Waals surface area contributed by atoms with Gasteiger partial charge in [-0.15, -0.1) is 0 Å². The zero-order valence-corrected chi connectivity index (χ0v) is 20.0. The van der Waals surface area contributed by atoms with E-state index < -0.39 is 0 Å². The molecule has 4 rings (SSSR count).